The zero-order chi connectivity index (χ0) is 15.5. The van der Waals surface area contributed by atoms with Crippen LogP contribution in [0.25, 0.3) is 0 Å². The monoisotopic (exact) mass is 323 g/mol. The molecular formula is C12H15ClFNO4S. The van der Waals surface area contributed by atoms with E-state index in [-0.39, 0.29) is 10.6 Å². The van der Waals surface area contributed by atoms with Crippen molar-refractivity contribution in [3.05, 3.63) is 34.6 Å². The summed E-state index contributed by atoms with van der Waals surface area (Å²) in [6.07, 6.45) is 0. The van der Waals surface area contributed by atoms with Gasteiger partial charge in [-0.25, -0.2) is 17.5 Å². The van der Waals surface area contributed by atoms with Crippen LogP contribution >= 0.6 is 11.6 Å². The van der Waals surface area contributed by atoms with E-state index in [9.17, 15) is 17.6 Å². The number of benzene rings is 1. The number of carboxylic acids is 1. The maximum absolute atomic E-state index is 13.0. The summed E-state index contributed by atoms with van der Waals surface area (Å²) >= 11 is 5.56. The lowest BCUT2D eigenvalue weighted by atomic mass is 10.1. The summed E-state index contributed by atoms with van der Waals surface area (Å²) in [6.45, 7) is 3.19. The van der Waals surface area contributed by atoms with Crippen molar-refractivity contribution in [2.75, 3.05) is 0 Å². The molecule has 2 N–H and O–H groups in total. The molecule has 1 atom stereocenters. The van der Waals surface area contributed by atoms with Crippen LogP contribution in [0.5, 0.6) is 0 Å². The molecule has 0 heterocycles. The van der Waals surface area contributed by atoms with Gasteiger partial charge in [-0.05, 0) is 23.6 Å². The molecule has 0 aliphatic carbocycles. The number of carboxylic acid groups (broad SMARTS) is 1. The fourth-order valence-electron chi connectivity index (χ4n) is 1.56. The van der Waals surface area contributed by atoms with E-state index in [2.05, 4.69) is 4.72 Å². The van der Waals surface area contributed by atoms with E-state index in [1.807, 2.05) is 0 Å². The highest BCUT2D eigenvalue weighted by atomic mass is 35.5. The van der Waals surface area contributed by atoms with Crippen LogP contribution < -0.4 is 4.72 Å². The quantitative estimate of drug-likeness (QED) is 0.838. The summed E-state index contributed by atoms with van der Waals surface area (Å²) in [5.74, 6) is -2.77. The number of rotatable bonds is 6. The predicted octanol–water partition coefficient (Wildman–Crippen LogP) is 2.01. The maximum Gasteiger partial charge on any atom is 0.321 e. The first-order valence-corrected chi connectivity index (χ1v) is 7.82. The molecule has 1 aromatic rings. The van der Waals surface area contributed by atoms with Gasteiger partial charge in [0.05, 0.1) is 10.8 Å². The first kappa shape index (κ1) is 16.9. The van der Waals surface area contributed by atoms with E-state index >= 15 is 0 Å². The molecule has 8 heteroatoms. The predicted molar refractivity (Wildman–Crippen MR) is 73.4 cm³/mol. The third kappa shape index (κ3) is 4.73. The number of halogens is 2. The van der Waals surface area contributed by atoms with E-state index in [1.54, 1.807) is 13.8 Å². The molecule has 0 saturated heterocycles. The molecule has 1 rings (SSSR count). The van der Waals surface area contributed by atoms with Gasteiger partial charge in [-0.15, -0.1) is 0 Å². The number of hydrogen-bond acceptors (Lipinski definition) is 3. The van der Waals surface area contributed by atoms with Crippen LogP contribution in [-0.2, 0) is 20.6 Å². The molecule has 0 saturated carbocycles. The Hall–Kier alpha value is -1.18. The third-order valence-corrected chi connectivity index (χ3v) is 4.20. The van der Waals surface area contributed by atoms with Crippen molar-refractivity contribution in [3.8, 4) is 0 Å². The van der Waals surface area contributed by atoms with Gasteiger partial charge in [0.1, 0.15) is 11.9 Å². The lowest BCUT2D eigenvalue weighted by Gasteiger charge is -2.18. The molecular weight excluding hydrogens is 309 g/mol. The van der Waals surface area contributed by atoms with Crippen LogP contribution in [0.2, 0.25) is 5.02 Å². The van der Waals surface area contributed by atoms with Crippen molar-refractivity contribution in [2.24, 2.45) is 5.92 Å². The number of nitrogens with one attached hydrogen (secondary N) is 1. The Morgan fingerprint density at radius 3 is 2.50 bits per heavy atom. The highest BCUT2D eigenvalue weighted by Crippen LogP contribution is 2.17. The SMILES string of the molecule is CC(C)[C@H](NS(=O)(=O)Cc1ccc(F)c(Cl)c1)C(=O)O. The van der Waals surface area contributed by atoms with Gasteiger partial charge in [-0.1, -0.05) is 31.5 Å². The molecule has 0 fully saturated rings. The second kappa shape index (κ2) is 6.51. The molecule has 0 spiro atoms. The van der Waals surface area contributed by atoms with Crippen LogP contribution in [0.3, 0.4) is 0 Å². The van der Waals surface area contributed by atoms with Crippen molar-refractivity contribution < 1.29 is 22.7 Å². The Bertz CT molecular complexity index is 603. The number of hydrogen-bond donors (Lipinski definition) is 2. The van der Waals surface area contributed by atoms with E-state index in [0.717, 1.165) is 6.07 Å². The standard InChI is InChI=1S/C12H15ClFNO4S/c1-7(2)11(12(16)17)15-20(18,19)6-8-3-4-10(14)9(13)5-8/h3-5,7,11,15H,6H2,1-2H3,(H,16,17)/t11-/m0/s1. The van der Waals surface area contributed by atoms with E-state index < -0.39 is 39.5 Å². The largest absolute Gasteiger partial charge is 0.480 e. The summed E-state index contributed by atoms with van der Waals surface area (Å²) in [4.78, 5) is 11.0. The first-order chi connectivity index (χ1) is 9.12. The lowest BCUT2D eigenvalue weighted by molar-refractivity contribution is -0.140. The minimum absolute atomic E-state index is 0.184. The van der Waals surface area contributed by atoms with Gasteiger partial charge < -0.3 is 5.11 Å². The van der Waals surface area contributed by atoms with E-state index in [1.165, 1.54) is 12.1 Å². The molecule has 0 aliphatic heterocycles. The van der Waals surface area contributed by atoms with E-state index in [0.29, 0.717) is 0 Å². The molecule has 5 nitrogen and oxygen atoms in total. The minimum Gasteiger partial charge on any atom is -0.480 e. The second-order valence-corrected chi connectivity index (χ2v) is 6.85. The fraction of sp³-hybridized carbons (Fsp3) is 0.417. The van der Waals surface area contributed by atoms with Gasteiger partial charge in [0, 0.05) is 0 Å². The Labute approximate surface area is 121 Å². The fourth-order valence-corrected chi connectivity index (χ4v) is 3.22. The summed E-state index contributed by atoms with van der Waals surface area (Å²) in [6, 6.07) is 2.33. The molecule has 0 amide bonds. The molecule has 0 unspecified atom stereocenters. The molecule has 0 radical (unpaired) electrons. The molecule has 0 aliphatic rings. The Morgan fingerprint density at radius 1 is 1.45 bits per heavy atom. The van der Waals surface area contributed by atoms with Crippen molar-refractivity contribution in [1.82, 2.24) is 4.72 Å². The van der Waals surface area contributed by atoms with Crippen molar-refractivity contribution in [2.45, 2.75) is 25.6 Å². The summed E-state index contributed by atoms with van der Waals surface area (Å²) in [7, 11) is -3.87. The van der Waals surface area contributed by atoms with Crippen molar-refractivity contribution in [1.29, 1.82) is 0 Å². The van der Waals surface area contributed by atoms with Crippen molar-refractivity contribution >= 4 is 27.6 Å². The molecule has 112 valence electrons. The van der Waals surface area contributed by atoms with Crippen LogP contribution in [0.1, 0.15) is 19.4 Å². The first-order valence-electron chi connectivity index (χ1n) is 5.79. The molecule has 20 heavy (non-hydrogen) atoms. The topological polar surface area (TPSA) is 83.5 Å². The Balaban J connectivity index is 2.89. The summed E-state index contributed by atoms with van der Waals surface area (Å²) < 4.78 is 38.9. The van der Waals surface area contributed by atoms with Gasteiger partial charge in [0.15, 0.2) is 0 Å². The number of sulfonamides is 1. The third-order valence-electron chi connectivity index (χ3n) is 2.58. The summed E-state index contributed by atoms with van der Waals surface area (Å²) in [5.41, 5.74) is 0.275. The number of carbonyl (C=O) groups is 1. The molecule has 1 aromatic carbocycles. The average molecular weight is 324 g/mol. The van der Waals surface area contributed by atoms with Crippen LogP contribution in [0.15, 0.2) is 18.2 Å². The maximum atomic E-state index is 13.0. The van der Waals surface area contributed by atoms with Crippen LogP contribution in [-0.4, -0.2) is 25.5 Å². The lowest BCUT2D eigenvalue weighted by Crippen LogP contribution is -2.44. The van der Waals surface area contributed by atoms with Crippen LogP contribution in [0.4, 0.5) is 4.39 Å². The second-order valence-electron chi connectivity index (χ2n) is 4.69. The highest BCUT2D eigenvalue weighted by molar-refractivity contribution is 7.88. The minimum atomic E-state index is -3.87. The van der Waals surface area contributed by atoms with Gasteiger partial charge in [-0.2, -0.15) is 0 Å². The van der Waals surface area contributed by atoms with Crippen LogP contribution in [0, 0.1) is 11.7 Å². The smallest absolute Gasteiger partial charge is 0.321 e. The molecule has 0 bridgehead atoms. The summed E-state index contributed by atoms with van der Waals surface area (Å²) in [5, 5.41) is 8.77. The van der Waals surface area contributed by atoms with Gasteiger partial charge >= 0.3 is 5.97 Å². The molecule has 0 aromatic heterocycles. The normalized spacial score (nSPS) is 13.4. The average Bonchev–Trinajstić information content (AvgIpc) is 2.30. The Morgan fingerprint density at radius 2 is 2.05 bits per heavy atom. The highest BCUT2D eigenvalue weighted by Gasteiger charge is 2.27. The number of aliphatic carboxylic acids is 1. The van der Waals surface area contributed by atoms with Gasteiger partial charge in [0.25, 0.3) is 0 Å². The zero-order valence-corrected chi connectivity index (χ0v) is 12.5. The van der Waals surface area contributed by atoms with E-state index in [4.69, 9.17) is 16.7 Å². The Kier molecular flexibility index (Phi) is 5.50. The van der Waals surface area contributed by atoms with Gasteiger partial charge in [-0.3, -0.25) is 4.79 Å². The van der Waals surface area contributed by atoms with Crippen molar-refractivity contribution in [3.63, 3.8) is 0 Å². The zero-order valence-electron chi connectivity index (χ0n) is 10.9. The van der Waals surface area contributed by atoms with Gasteiger partial charge in [0.2, 0.25) is 10.0 Å².